The zero-order chi connectivity index (χ0) is 24.2. The molecule has 7 heteroatoms. The van der Waals surface area contributed by atoms with Gasteiger partial charge in [0.15, 0.2) is 11.0 Å². The van der Waals surface area contributed by atoms with Crippen molar-refractivity contribution in [2.45, 2.75) is 24.6 Å². The van der Waals surface area contributed by atoms with E-state index in [-0.39, 0.29) is 17.8 Å². The summed E-state index contributed by atoms with van der Waals surface area (Å²) in [5.41, 5.74) is 3.15. The van der Waals surface area contributed by atoms with Gasteiger partial charge in [0.25, 0.3) is 0 Å². The Bertz CT molecular complexity index is 1490. The number of rotatable bonds is 8. The molecule has 0 spiro atoms. The lowest BCUT2D eigenvalue weighted by atomic mass is 9.94. The third-order valence-electron chi connectivity index (χ3n) is 5.88. The van der Waals surface area contributed by atoms with Gasteiger partial charge in [-0.3, -0.25) is 4.98 Å². The van der Waals surface area contributed by atoms with Gasteiger partial charge in [0.05, 0.1) is 5.39 Å². The maximum absolute atomic E-state index is 16.1. The first-order valence-corrected chi connectivity index (χ1v) is 12.6. The number of halogens is 1. The van der Waals surface area contributed by atoms with Crippen molar-refractivity contribution < 1.29 is 14.2 Å². The Balaban J connectivity index is 1.64. The molecular weight excluding hydrogens is 461 g/mol. The van der Waals surface area contributed by atoms with Gasteiger partial charge in [-0.2, -0.15) is 4.98 Å². The Morgan fingerprint density at radius 1 is 0.971 bits per heavy atom. The van der Waals surface area contributed by atoms with Crippen LogP contribution < -0.4 is 4.74 Å². The summed E-state index contributed by atoms with van der Waals surface area (Å²) >= 11 is 1.33. The van der Waals surface area contributed by atoms with Gasteiger partial charge >= 0.3 is 0 Å². The molecule has 0 saturated heterocycles. The molecule has 0 aliphatic heterocycles. The highest BCUT2D eigenvalue weighted by atomic mass is 32.2. The fourth-order valence-corrected chi connectivity index (χ4v) is 4.58. The number of fused-ring (bicyclic) bond motifs is 2. The monoisotopic (exact) mass is 485 g/mol. The molecule has 0 fully saturated rings. The lowest BCUT2D eigenvalue weighted by molar-refractivity contribution is 0.289. The lowest BCUT2D eigenvalue weighted by Gasteiger charge is -2.14. The summed E-state index contributed by atoms with van der Waals surface area (Å²) in [6.07, 6.45) is 4.76. The molecule has 5 aromatic rings. The van der Waals surface area contributed by atoms with Crippen molar-refractivity contribution in [3.05, 3.63) is 89.9 Å². The highest BCUT2D eigenvalue weighted by Gasteiger charge is 2.20. The summed E-state index contributed by atoms with van der Waals surface area (Å²) in [5.74, 6) is -0.197. The number of aliphatic hydroxyl groups is 1. The van der Waals surface area contributed by atoms with Crippen LogP contribution in [-0.2, 0) is 13.0 Å². The second-order valence-corrected chi connectivity index (χ2v) is 8.89. The van der Waals surface area contributed by atoms with Crippen LogP contribution in [0.5, 0.6) is 5.88 Å². The summed E-state index contributed by atoms with van der Waals surface area (Å²) in [6.45, 7) is 0.406. The van der Waals surface area contributed by atoms with Gasteiger partial charge in [0, 0.05) is 18.4 Å². The number of aromatic nitrogens is 3. The summed E-state index contributed by atoms with van der Waals surface area (Å²) in [7, 11) is 0. The van der Waals surface area contributed by atoms with Gasteiger partial charge in [-0.15, -0.1) is 0 Å². The first kappa shape index (κ1) is 23.2. The summed E-state index contributed by atoms with van der Waals surface area (Å²) in [4.78, 5) is 13.5. The average Bonchev–Trinajstić information content (AvgIpc) is 2.91. The maximum atomic E-state index is 16.1. The Morgan fingerprint density at radius 2 is 1.77 bits per heavy atom. The van der Waals surface area contributed by atoms with Crippen molar-refractivity contribution >= 4 is 33.4 Å². The zero-order valence-corrected chi connectivity index (χ0v) is 20.1. The molecule has 0 saturated carbocycles. The fraction of sp³-hybridized carbons (Fsp3) is 0.179. The van der Waals surface area contributed by atoms with E-state index < -0.39 is 5.82 Å². The van der Waals surface area contributed by atoms with Gasteiger partial charge in [-0.25, -0.2) is 9.37 Å². The molecule has 0 unspecified atom stereocenters. The lowest BCUT2D eigenvalue weighted by Crippen LogP contribution is -2.03. The molecule has 5 nitrogen and oxygen atoms in total. The van der Waals surface area contributed by atoms with Crippen molar-refractivity contribution in [2.24, 2.45) is 0 Å². The summed E-state index contributed by atoms with van der Waals surface area (Å²) in [5, 5.41) is 12.1. The maximum Gasteiger partial charge on any atom is 0.227 e. The third-order valence-corrected chi connectivity index (χ3v) is 6.43. The fourth-order valence-electron chi connectivity index (χ4n) is 4.22. The first-order chi connectivity index (χ1) is 17.2. The van der Waals surface area contributed by atoms with Crippen LogP contribution in [0.15, 0.2) is 78.1 Å². The minimum Gasteiger partial charge on any atom is -0.472 e. The largest absolute Gasteiger partial charge is 0.472 e. The van der Waals surface area contributed by atoms with Gasteiger partial charge in [0.2, 0.25) is 5.88 Å². The zero-order valence-electron chi connectivity index (χ0n) is 19.2. The number of hydrogen-bond donors (Lipinski definition) is 1. The summed E-state index contributed by atoms with van der Waals surface area (Å²) in [6, 6.07) is 21.5. The van der Waals surface area contributed by atoms with Crippen LogP contribution in [0.4, 0.5) is 4.39 Å². The normalized spacial score (nSPS) is 11.3. The van der Waals surface area contributed by atoms with E-state index in [1.807, 2.05) is 73.0 Å². The molecule has 0 atom stereocenters. The smallest absolute Gasteiger partial charge is 0.227 e. The van der Waals surface area contributed by atoms with Crippen LogP contribution in [0.3, 0.4) is 0 Å². The number of nitrogens with zero attached hydrogens (tertiary/aromatic N) is 3. The van der Waals surface area contributed by atoms with Gasteiger partial charge in [-0.05, 0) is 41.0 Å². The Labute approximate surface area is 207 Å². The topological polar surface area (TPSA) is 68.1 Å². The molecule has 1 N–H and O–H groups in total. The number of hydrogen-bond acceptors (Lipinski definition) is 6. The van der Waals surface area contributed by atoms with E-state index in [9.17, 15) is 5.11 Å². The molecule has 2 aromatic heterocycles. The highest BCUT2D eigenvalue weighted by molar-refractivity contribution is 7.98. The van der Waals surface area contributed by atoms with Crippen molar-refractivity contribution in [1.29, 1.82) is 0 Å². The molecule has 3 aromatic carbocycles. The van der Waals surface area contributed by atoms with Gasteiger partial charge in [-0.1, -0.05) is 78.5 Å². The van der Waals surface area contributed by atoms with Crippen molar-refractivity contribution in [3.8, 4) is 17.1 Å². The van der Waals surface area contributed by atoms with Crippen LogP contribution in [-0.4, -0.2) is 32.9 Å². The number of thioether (sulfide) groups is 1. The standard InChI is InChI=1S/C28H24FN3O2S/c1-35-28-31-26-22(27(32-28)34-17-18-8-3-2-4-9-18)16-30-25(24(26)29)21-14-6-12-19-10-5-11-20(23(19)21)13-7-15-33/h2-6,8-12,14,16,33H,7,13,15,17H2,1H3. The molecule has 0 bridgehead atoms. The van der Waals surface area contributed by atoms with E-state index in [1.165, 1.54) is 11.8 Å². The van der Waals surface area contributed by atoms with Gasteiger partial charge in [0.1, 0.15) is 17.8 Å². The number of aryl methyl sites for hydroxylation is 1. The minimum absolute atomic E-state index is 0.0985. The number of aliphatic hydroxyl groups excluding tert-OH is 1. The predicted molar refractivity (Wildman–Crippen MR) is 138 cm³/mol. The molecule has 0 radical (unpaired) electrons. The molecule has 176 valence electrons. The van der Waals surface area contributed by atoms with E-state index in [0.29, 0.717) is 41.4 Å². The van der Waals surface area contributed by atoms with Crippen LogP contribution in [0.1, 0.15) is 17.5 Å². The average molecular weight is 486 g/mol. The molecular formula is C28H24FN3O2S. The number of ether oxygens (including phenoxy) is 1. The van der Waals surface area contributed by atoms with Crippen LogP contribution in [0.25, 0.3) is 32.9 Å². The van der Waals surface area contributed by atoms with Crippen LogP contribution in [0, 0.1) is 5.82 Å². The van der Waals surface area contributed by atoms with E-state index in [2.05, 4.69) is 15.0 Å². The van der Waals surface area contributed by atoms with E-state index in [4.69, 9.17) is 4.74 Å². The molecule has 2 heterocycles. The second-order valence-electron chi connectivity index (χ2n) is 8.12. The number of pyridine rings is 1. The van der Waals surface area contributed by atoms with E-state index >= 15 is 4.39 Å². The molecule has 0 aliphatic rings. The molecule has 0 amide bonds. The summed E-state index contributed by atoms with van der Waals surface area (Å²) < 4.78 is 22.1. The Hall–Kier alpha value is -3.55. The van der Waals surface area contributed by atoms with Crippen molar-refractivity contribution in [3.63, 3.8) is 0 Å². The van der Waals surface area contributed by atoms with E-state index in [1.54, 1.807) is 6.20 Å². The van der Waals surface area contributed by atoms with E-state index in [0.717, 1.165) is 21.9 Å². The molecule has 35 heavy (non-hydrogen) atoms. The minimum atomic E-state index is -0.505. The highest BCUT2D eigenvalue weighted by Crippen LogP contribution is 2.36. The van der Waals surface area contributed by atoms with Gasteiger partial charge < -0.3 is 9.84 Å². The van der Waals surface area contributed by atoms with Crippen molar-refractivity contribution in [2.75, 3.05) is 12.9 Å². The molecule has 0 aliphatic carbocycles. The quantitative estimate of drug-likeness (QED) is 0.208. The Kier molecular flexibility index (Phi) is 6.88. The van der Waals surface area contributed by atoms with Crippen molar-refractivity contribution in [1.82, 2.24) is 15.0 Å². The number of benzene rings is 3. The van der Waals surface area contributed by atoms with Crippen LogP contribution in [0.2, 0.25) is 0 Å². The second kappa shape index (κ2) is 10.4. The first-order valence-electron chi connectivity index (χ1n) is 11.4. The van der Waals surface area contributed by atoms with Crippen LogP contribution >= 0.6 is 11.8 Å². The third kappa shape index (κ3) is 4.70. The molecule has 5 rings (SSSR count). The predicted octanol–water partition coefficient (Wildman–Crippen LogP) is 6.21. The Morgan fingerprint density at radius 3 is 2.54 bits per heavy atom. The SMILES string of the molecule is CSc1nc(OCc2ccccc2)c2cnc(-c3cccc4cccc(CCCO)c34)c(F)c2n1.